The standard InChI is InChI=1S/C50H54BrNO12/c1-33(54)62-44(39(27-35-18-9-4-10-19-35)48(55)52-38(32-61-50(52)56)26-34-16-7-3-8-17-34)42-28-40(51)41(63-42)24-15-25-58-47-46(60-31-37-22-13-6-14-23-37)45(43(29-53)64-49(47)57-2)59-30-36-20-11-5-12-21-36/h3-14,16-23,28,38-39,43-47,49,53H,15,24-27,29-32H2,1-2H3/t38-,39+,43-,44-,45-,46+,47+,49+/m1/s1. The molecule has 2 fully saturated rings. The van der Waals surface area contributed by atoms with Crippen LogP contribution in [0.4, 0.5) is 4.79 Å². The molecule has 64 heavy (non-hydrogen) atoms. The molecule has 13 nitrogen and oxygen atoms in total. The Morgan fingerprint density at radius 3 is 1.95 bits per heavy atom. The van der Waals surface area contributed by atoms with Gasteiger partial charge in [0.05, 0.1) is 36.3 Å². The zero-order valence-corrected chi connectivity index (χ0v) is 37.5. The Bertz CT molecular complexity index is 2230. The summed E-state index contributed by atoms with van der Waals surface area (Å²) in [5.74, 6) is -1.43. The number of carbonyl (C=O) groups is 3. The van der Waals surface area contributed by atoms with E-state index in [4.69, 9.17) is 37.6 Å². The van der Waals surface area contributed by atoms with Gasteiger partial charge in [0.15, 0.2) is 12.4 Å². The van der Waals surface area contributed by atoms with Crippen molar-refractivity contribution in [1.29, 1.82) is 0 Å². The van der Waals surface area contributed by atoms with Crippen LogP contribution in [-0.2, 0) is 75.2 Å². The van der Waals surface area contributed by atoms with E-state index in [1.54, 1.807) is 6.07 Å². The molecular weight excluding hydrogens is 886 g/mol. The summed E-state index contributed by atoms with van der Waals surface area (Å²) in [7, 11) is 1.52. The van der Waals surface area contributed by atoms with E-state index in [0.717, 1.165) is 27.2 Å². The van der Waals surface area contributed by atoms with Gasteiger partial charge >= 0.3 is 12.1 Å². The molecule has 3 heterocycles. The quantitative estimate of drug-likeness (QED) is 0.0562. The number of aliphatic hydroxyl groups excluding tert-OH is 1. The molecular formula is C50H54BrNO12. The number of hydrogen-bond acceptors (Lipinski definition) is 12. The summed E-state index contributed by atoms with van der Waals surface area (Å²) in [6.07, 6.45) is -4.30. The van der Waals surface area contributed by atoms with E-state index in [2.05, 4.69) is 15.9 Å². The number of furan rings is 1. The molecule has 0 saturated carbocycles. The monoisotopic (exact) mass is 939 g/mol. The predicted molar refractivity (Wildman–Crippen MR) is 238 cm³/mol. The lowest BCUT2D eigenvalue weighted by molar-refractivity contribution is -0.319. The molecule has 1 aromatic heterocycles. The number of carbonyl (C=O) groups excluding carboxylic acids is 3. The number of amides is 2. The Hall–Kier alpha value is -5.19. The van der Waals surface area contributed by atoms with Gasteiger partial charge in [-0.1, -0.05) is 121 Å². The summed E-state index contributed by atoms with van der Waals surface area (Å²) in [5.41, 5.74) is 3.65. The van der Waals surface area contributed by atoms with Crippen molar-refractivity contribution in [3.63, 3.8) is 0 Å². The first-order chi connectivity index (χ1) is 31.2. The second kappa shape index (κ2) is 23.1. The van der Waals surface area contributed by atoms with E-state index < -0.39 is 66.7 Å². The number of aliphatic hydroxyl groups is 1. The van der Waals surface area contributed by atoms with Crippen LogP contribution < -0.4 is 0 Å². The van der Waals surface area contributed by atoms with Crippen LogP contribution in [0.15, 0.2) is 136 Å². The third kappa shape index (κ3) is 12.1. The van der Waals surface area contributed by atoms with Gasteiger partial charge in [-0.3, -0.25) is 9.59 Å². The molecule has 14 heteroatoms. The summed E-state index contributed by atoms with van der Waals surface area (Å²) in [6.45, 7) is 1.73. The molecule has 0 bridgehead atoms. The van der Waals surface area contributed by atoms with Gasteiger partial charge in [-0.2, -0.15) is 0 Å². The Morgan fingerprint density at radius 1 is 0.797 bits per heavy atom. The number of halogens is 1. The summed E-state index contributed by atoms with van der Waals surface area (Å²) in [6, 6.07) is 39.5. The second-order valence-corrected chi connectivity index (χ2v) is 16.7. The normalized spacial score (nSPS) is 21.9. The lowest BCUT2D eigenvalue weighted by Gasteiger charge is -2.45. The molecule has 1 N–H and O–H groups in total. The molecule has 0 radical (unpaired) electrons. The molecule has 4 aromatic carbocycles. The Balaban J connectivity index is 1.09. The smallest absolute Gasteiger partial charge is 0.416 e. The molecule has 2 amide bonds. The molecule has 5 aromatic rings. The minimum atomic E-state index is -1.19. The largest absolute Gasteiger partial charge is 0.461 e. The van der Waals surface area contributed by atoms with Crippen LogP contribution in [-0.4, -0.2) is 91.7 Å². The van der Waals surface area contributed by atoms with Crippen molar-refractivity contribution in [1.82, 2.24) is 4.90 Å². The number of cyclic esters (lactones) is 1. The first-order valence-corrected chi connectivity index (χ1v) is 22.3. The van der Waals surface area contributed by atoms with Crippen LogP contribution in [0.5, 0.6) is 0 Å². The zero-order chi connectivity index (χ0) is 44.8. The Kier molecular flexibility index (Phi) is 16.9. The van der Waals surface area contributed by atoms with Gasteiger partial charge in [0.1, 0.15) is 42.5 Å². The number of imide groups is 1. The zero-order valence-electron chi connectivity index (χ0n) is 35.9. The maximum atomic E-state index is 14.7. The van der Waals surface area contributed by atoms with Crippen LogP contribution in [0.2, 0.25) is 0 Å². The molecule has 2 aliphatic heterocycles. The average Bonchev–Trinajstić information content (AvgIpc) is 3.88. The fourth-order valence-electron chi connectivity index (χ4n) is 8.16. The summed E-state index contributed by atoms with van der Waals surface area (Å²) < 4.78 is 49.9. The van der Waals surface area contributed by atoms with Crippen molar-refractivity contribution in [2.75, 3.05) is 26.9 Å². The van der Waals surface area contributed by atoms with Crippen molar-refractivity contribution >= 4 is 33.9 Å². The maximum Gasteiger partial charge on any atom is 0.416 e. The fraction of sp³-hybridized carbons (Fsp3) is 0.380. The number of ether oxygens (including phenoxy) is 7. The summed E-state index contributed by atoms with van der Waals surface area (Å²) in [5, 5.41) is 10.4. The molecule has 338 valence electrons. The third-order valence-electron chi connectivity index (χ3n) is 11.3. The number of rotatable bonds is 21. The maximum absolute atomic E-state index is 14.7. The van der Waals surface area contributed by atoms with E-state index in [1.165, 1.54) is 14.0 Å². The van der Waals surface area contributed by atoms with E-state index in [1.807, 2.05) is 121 Å². The predicted octanol–water partition coefficient (Wildman–Crippen LogP) is 7.95. The van der Waals surface area contributed by atoms with Gasteiger partial charge < -0.3 is 42.7 Å². The SMILES string of the molecule is CO[C@H]1O[C@H](CO)[C@@H](OCc2ccccc2)[C@H](OCc2ccccc2)[C@@H]1OCCCc1oc([C@H](OC(C)=O)[C@H](Cc2ccccc2)C(=O)N2C(=O)OC[C@H]2Cc2ccccc2)cc1Br. The molecule has 7 rings (SSSR count). The van der Waals surface area contributed by atoms with Crippen LogP contribution in [0, 0.1) is 5.92 Å². The highest BCUT2D eigenvalue weighted by Gasteiger charge is 2.49. The first-order valence-electron chi connectivity index (χ1n) is 21.5. The number of nitrogens with zero attached hydrogens (tertiary/aromatic N) is 1. The minimum absolute atomic E-state index is 0.0374. The van der Waals surface area contributed by atoms with Gasteiger partial charge in [-0.15, -0.1) is 0 Å². The Morgan fingerprint density at radius 2 is 1.38 bits per heavy atom. The van der Waals surface area contributed by atoms with Gasteiger partial charge in [0.25, 0.3) is 0 Å². The van der Waals surface area contributed by atoms with E-state index in [9.17, 15) is 19.5 Å². The molecule has 8 atom stereocenters. The minimum Gasteiger partial charge on any atom is -0.461 e. The van der Waals surface area contributed by atoms with E-state index in [-0.39, 0.29) is 45.2 Å². The van der Waals surface area contributed by atoms with Crippen LogP contribution in [0.1, 0.15) is 53.2 Å². The summed E-state index contributed by atoms with van der Waals surface area (Å²) >= 11 is 3.64. The van der Waals surface area contributed by atoms with Gasteiger partial charge in [0, 0.05) is 27.1 Å². The van der Waals surface area contributed by atoms with Crippen molar-refractivity contribution < 1.29 is 57.1 Å². The number of aryl methyl sites for hydroxylation is 1. The van der Waals surface area contributed by atoms with Gasteiger partial charge in [-0.05, 0) is 63.5 Å². The highest BCUT2D eigenvalue weighted by atomic mass is 79.9. The van der Waals surface area contributed by atoms with Crippen molar-refractivity contribution in [2.45, 2.75) is 88.7 Å². The third-order valence-corrected chi connectivity index (χ3v) is 11.9. The van der Waals surface area contributed by atoms with Crippen molar-refractivity contribution in [3.8, 4) is 0 Å². The molecule has 0 aliphatic carbocycles. The van der Waals surface area contributed by atoms with Crippen LogP contribution in [0.25, 0.3) is 0 Å². The van der Waals surface area contributed by atoms with E-state index >= 15 is 0 Å². The lowest BCUT2D eigenvalue weighted by Crippen LogP contribution is -2.61. The molecule has 0 unspecified atom stereocenters. The number of esters is 1. The van der Waals surface area contributed by atoms with Crippen molar-refractivity contribution in [3.05, 3.63) is 166 Å². The highest BCUT2D eigenvalue weighted by molar-refractivity contribution is 9.10. The number of benzene rings is 4. The van der Waals surface area contributed by atoms with Gasteiger partial charge in [-0.25, -0.2) is 9.69 Å². The van der Waals surface area contributed by atoms with Crippen LogP contribution in [0.3, 0.4) is 0 Å². The van der Waals surface area contributed by atoms with Crippen molar-refractivity contribution in [2.24, 2.45) is 5.92 Å². The van der Waals surface area contributed by atoms with Gasteiger partial charge in [0.2, 0.25) is 5.91 Å². The molecule has 2 aliphatic rings. The van der Waals surface area contributed by atoms with Crippen LogP contribution >= 0.6 is 15.9 Å². The first kappa shape index (κ1) is 46.8. The number of methoxy groups -OCH3 is 1. The lowest BCUT2D eigenvalue weighted by atomic mass is 9.90. The molecule has 0 spiro atoms. The molecule has 2 saturated heterocycles. The summed E-state index contributed by atoms with van der Waals surface area (Å²) in [4.78, 5) is 41.9. The Labute approximate surface area is 381 Å². The fourth-order valence-corrected chi connectivity index (χ4v) is 8.66. The topological polar surface area (TPSA) is 152 Å². The highest BCUT2D eigenvalue weighted by Crippen LogP contribution is 2.37. The number of hydrogen-bond donors (Lipinski definition) is 1. The average molecular weight is 941 g/mol. The van der Waals surface area contributed by atoms with E-state index in [0.29, 0.717) is 29.5 Å². The second-order valence-electron chi connectivity index (χ2n) is 15.8.